The second kappa shape index (κ2) is 11.0. The first-order valence-corrected chi connectivity index (χ1v) is 14.3. The number of phenolic OH excluding ortho intramolecular Hbond substituents is 1. The summed E-state index contributed by atoms with van der Waals surface area (Å²) in [5.74, 6) is -7.49. The summed E-state index contributed by atoms with van der Waals surface area (Å²) in [5, 5.41) is 56.6. The number of amides is 1. The first kappa shape index (κ1) is 29.1. The van der Waals surface area contributed by atoms with Crippen LogP contribution in [0.4, 0.5) is 0 Å². The molecule has 6 atom stereocenters. The Hall–Kier alpha value is -2.86. The van der Waals surface area contributed by atoms with Gasteiger partial charge in [0.1, 0.15) is 22.8 Å². The number of ketones is 2. The molecule has 11 heteroatoms. The van der Waals surface area contributed by atoms with E-state index in [1.54, 1.807) is 23.9 Å². The van der Waals surface area contributed by atoms with Crippen LogP contribution in [0, 0.1) is 11.8 Å². The van der Waals surface area contributed by atoms with Crippen LogP contribution in [-0.2, 0) is 14.4 Å². The van der Waals surface area contributed by atoms with Gasteiger partial charge in [0.2, 0.25) is 5.78 Å². The maximum absolute atomic E-state index is 14.1. The highest BCUT2D eigenvalue weighted by Gasteiger charge is 2.68. The lowest BCUT2D eigenvalue weighted by Crippen LogP contribution is -2.70. The minimum absolute atomic E-state index is 0.0116. The number of phenols is 1. The van der Waals surface area contributed by atoms with E-state index in [-0.39, 0.29) is 16.9 Å². The van der Waals surface area contributed by atoms with Gasteiger partial charge < -0.3 is 31.3 Å². The van der Waals surface area contributed by atoms with Gasteiger partial charge in [-0.3, -0.25) is 19.3 Å². The fourth-order valence-electron chi connectivity index (χ4n) is 6.43. The fraction of sp³-hybridized carbons (Fsp3) is 0.536. The summed E-state index contributed by atoms with van der Waals surface area (Å²) in [6.45, 7) is 2.12. The largest absolute Gasteiger partial charge is 0.508 e. The van der Waals surface area contributed by atoms with Gasteiger partial charge in [-0.2, -0.15) is 11.8 Å². The third kappa shape index (κ3) is 4.45. The standard InChI is InChI=1S/C28H36N2O8S/c1-4-5-6-7-11-39-12-14-13-9-8-10-15(31)16(13)22(32)18-17(14)23(33)20-21(30(2)3)24(34)19(27(29)37)26(36)28(20,38)25(18)35/h8-10,14,17,20-21,23,31-33,36,38H,4-7,11-12H2,1-3H3,(H2,29,37)/t14-,17?,20?,21-,23-,28-/m0/s1. The van der Waals surface area contributed by atoms with E-state index in [0.717, 1.165) is 31.4 Å². The predicted octanol–water partition coefficient (Wildman–Crippen LogP) is 1.79. The second-order valence-electron chi connectivity index (χ2n) is 10.7. The van der Waals surface area contributed by atoms with E-state index in [2.05, 4.69) is 6.92 Å². The number of nitrogens with two attached hydrogens (primary N) is 1. The Morgan fingerprint density at radius 1 is 1.13 bits per heavy atom. The summed E-state index contributed by atoms with van der Waals surface area (Å²) in [6, 6.07) is 3.30. The van der Waals surface area contributed by atoms with Crippen molar-refractivity contribution in [2.75, 3.05) is 25.6 Å². The van der Waals surface area contributed by atoms with Gasteiger partial charge in [-0.1, -0.05) is 38.3 Å². The molecule has 3 aliphatic rings. The summed E-state index contributed by atoms with van der Waals surface area (Å²) >= 11 is 1.61. The predicted molar refractivity (Wildman–Crippen MR) is 146 cm³/mol. The Morgan fingerprint density at radius 3 is 2.44 bits per heavy atom. The van der Waals surface area contributed by atoms with Crippen LogP contribution in [0.15, 0.2) is 35.1 Å². The van der Waals surface area contributed by atoms with E-state index < -0.39 is 70.1 Å². The lowest BCUT2D eigenvalue weighted by molar-refractivity contribution is -0.169. The summed E-state index contributed by atoms with van der Waals surface area (Å²) in [4.78, 5) is 40.9. The van der Waals surface area contributed by atoms with Gasteiger partial charge >= 0.3 is 0 Å². The summed E-state index contributed by atoms with van der Waals surface area (Å²) < 4.78 is 0. The number of rotatable bonds is 9. The zero-order chi connectivity index (χ0) is 28.8. The van der Waals surface area contributed by atoms with Crippen molar-refractivity contribution in [3.05, 3.63) is 46.2 Å². The number of nitrogens with zero attached hydrogens (tertiary/aromatic N) is 1. The van der Waals surface area contributed by atoms with Crippen molar-refractivity contribution >= 4 is 35.0 Å². The molecule has 1 saturated carbocycles. The van der Waals surface area contributed by atoms with Crippen LogP contribution in [0.25, 0.3) is 5.76 Å². The average molecular weight is 561 g/mol. The van der Waals surface area contributed by atoms with Gasteiger partial charge in [-0.05, 0) is 37.9 Å². The van der Waals surface area contributed by atoms with Crippen molar-refractivity contribution < 1.29 is 39.9 Å². The number of benzene rings is 1. The second-order valence-corrected chi connectivity index (χ2v) is 11.9. The molecule has 2 unspecified atom stereocenters. The highest BCUT2D eigenvalue weighted by Crippen LogP contribution is 2.56. The molecule has 0 aromatic heterocycles. The van der Waals surface area contributed by atoms with Gasteiger partial charge in [0.15, 0.2) is 11.4 Å². The van der Waals surface area contributed by atoms with E-state index in [1.165, 1.54) is 25.1 Å². The van der Waals surface area contributed by atoms with Crippen LogP contribution in [0.2, 0.25) is 0 Å². The number of carbonyl (C=O) groups is 3. The molecule has 1 aromatic rings. The van der Waals surface area contributed by atoms with Gasteiger partial charge in [0, 0.05) is 23.2 Å². The number of fused-ring (bicyclic) bond motifs is 3. The molecule has 1 amide bonds. The molecule has 0 bridgehead atoms. The van der Waals surface area contributed by atoms with Crippen molar-refractivity contribution in [2.24, 2.45) is 17.6 Å². The molecule has 0 aliphatic heterocycles. The monoisotopic (exact) mass is 560 g/mol. The topological polar surface area (TPSA) is 182 Å². The third-order valence-corrected chi connectivity index (χ3v) is 9.41. The highest BCUT2D eigenvalue weighted by molar-refractivity contribution is 7.99. The van der Waals surface area contributed by atoms with Crippen molar-refractivity contribution in [3.8, 4) is 5.75 Å². The Labute approximate surface area is 231 Å². The number of aromatic hydroxyl groups is 1. The maximum atomic E-state index is 14.1. The van der Waals surface area contributed by atoms with E-state index in [4.69, 9.17) is 5.73 Å². The van der Waals surface area contributed by atoms with Crippen molar-refractivity contribution in [1.82, 2.24) is 4.90 Å². The summed E-state index contributed by atoms with van der Waals surface area (Å²) in [6.07, 6.45) is 2.66. The number of Topliss-reactive ketones (excluding diaryl/α,β-unsaturated/α-hetero) is 2. The molecule has 1 aromatic carbocycles. The maximum Gasteiger partial charge on any atom is 0.255 e. The molecule has 3 aliphatic carbocycles. The van der Waals surface area contributed by atoms with Gasteiger partial charge in [-0.25, -0.2) is 0 Å². The number of carbonyl (C=O) groups excluding carboxylic acids is 3. The number of unbranched alkanes of at least 4 members (excludes halogenated alkanes) is 3. The van der Waals surface area contributed by atoms with Crippen LogP contribution in [0.3, 0.4) is 0 Å². The lowest BCUT2D eigenvalue weighted by atomic mass is 9.54. The molecular formula is C28H36N2O8S. The zero-order valence-corrected chi connectivity index (χ0v) is 23.1. The summed E-state index contributed by atoms with van der Waals surface area (Å²) in [7, 11) is 2.98. The third-order valence-electron chi connectivity index (χ3n) is 8.24. The van der Waals surface area contributed by atoms with Crippen molar-refractivity contribution in [3.63, 3.8) is 0 Å². The van der Waals surface area contributed by atoms with E-state index in [9.17, 15) is 39.9 Å². The number of hydrogen-bond donors (Lipinski definition) is 6. The molecule has 0 saturated heterocycles. The van der Waals surface area contributed by atoms with E-state index >= 15 is 0 Å². The SMILES string of the molecule is CCCCCCSC[C@H]1c2cccc(O)c2C(O)=C2C(=O)[C@]3(O)C(O)=C(C(N)=O)C(=O)[C@@H](N(C)C)C3[C@@H](O)C21. The molecule has 39 heavy (non-hydrogen) atoms. The number of hydrogen-bond acceptors (Lipinski definition) is 10. The fourth-order valence-corrected chi connectivity index (χ4v) is 7.65. The normalized spacial score (nSPS) is 30.4. The van der Waals surface area contributed by atoms with Crippen LogP contribution in [-0.4, -0.2) is 91.3 Å². The average Bonchev–Trinajstić information content (AvgIpc) is 2.87. The van der Waals surface area contributed by atoms with E-state index in [1.807, 2.05) is 0 Å². The smallest absolute Gasteiger partial charge is 0.255 e. The van der Waals surface area contributed by atoms with Gasteiger partial charge in [-0.15, -0.1) is 0 Å². The first-order valence-electron chi connectivity index (χ1n) is 13.1. The molecule has 4 rings (SSSR count). The van der Waals surface area contributed by atoms with Crippen molar-refractivity contribution in [1.29, 1.82) is 0 Å². The first-order chi connectivity index (χ1) is 18.4. The lowest BCUT2D eigenvalue weighted by Gasteiger charge is -2.54. The molecule has 0 heterocycles. The number of primary amides is 1. The number of likely N-dealkylation sites (N-methyl/N-ethyl adjacent to an activating group) is 1. The molecule has 1 fully saturated rings. The van der Waals surface area contributed by atoms with Crippen LogP contribution >= 0.6 is 11.8 Å². The summed E-state index contributed by atoms with van der Waals surface area (Å²) in [5.41, 5.74) is 1.69. The molecule has 10 nitrogen and oxygen atoms in total. The molecule has 212 valence electrons. The molecule has 0 radical (unpaired) electrons. The zero-order valence-electron chi connectivity index (χ0n) is 22.3. The molecule has 7 N–H and O–H groups in total. The van der Waals surface area contributed by atoms with Gasteiger partial charge in [0.05, 0.1) is 23.6 Å². The number of thioether (sulfide) groups is 1. The van der Waals surface area contributed by atoms with Crippen molar-refractivity contribution in [2.45, 2.75) is 56.3 Å². The number of aliphatic hydroxyl groups excluding tert-OH is 3. The van der Waals surface area contributed by atoms with Crippen LogP contribution in [0.5, 0.6) is 5.75 Å². The van der Waals surface area contributed by atoms with Crippen LogP contribution in [0.1, 0.15) is 49.7 Å². The Morgan fingerprint density at radius 2 is 1.82 bits per heavy atom. The molecular weight excluding hydrogens is 524 g/mol. The minimum atomic E-state index is -2.91. The molecule has 0 spiro atoms. The Balaban J connectivity index is 1.89. The van der Waals surface area contributed by atoms with E-state index in [0.29, 0.717) is 11.3 Å². The van der Waals surface area contributed by atoms with Crippen LogP contribution < -0.4 is 5.73 Å². The quantitative estimate of drug-likeness (QED) is 0.192. The minimum Gasteiger partial charge on any atom is -0.508 e. The van der Waals surface area contributed by atoms with Gasteiger partial charge in [0.25, 0.3) is 5.91 Å². The highest BCUT2D eigenvalue weighted by atomic mass is 32.2. The Bertz CT molecular complexity index is 1260. The number of aliphatic hydroxyl groups is 4. The Kier molecular flexibility index (Phi) is 8.18.